The average Bonchev–Trinajstić information content (AvgIpc) is 2.93. The highest BCUT2D eigenvalue weighted by atomic mass is 16.1. The van der Waals surface area contributed by atoms with Crippen molar-refractivity contribution in [1.82, 2.24) is 4.57 Å². The highest BCUT2D eigenvalue weighted by Crippen LogP contribution is 2.22. The number of aryl methyl sites for hydroxylation is 1. The molecule has 0 unspecified atom stereocenters. The van der Waals surface area contributed by atoms with Gasteiger partial charge >= 0.3 is 0 Å². The summed E-state index contributed by atoms with van der Waals surface area (Å²) in [6.45, 7) is 6.57. The number of hydrogen-bond acceptors (Lipinski definition) is 1. The van der Waals surface area contributed by atoms with Crippen LogP contribution in [0.5, 0.6) is 0 Å². The molecular weight excluding hydrogens is 308 g/mol. The van der Waals surface area contributed by atoms with Gasteiger partial charge in [0.15, 0.2) is 0 Å². The Morgan fingerprint density at radius 3 is 2.44 bits per heavy atom. The topological polar surface area (TPSA) is 34.0 Å². The van der Waals surface area contributed by atoms with Gasteiger partial charge in [0.05, 0.1) is 0 Å². The van der Waals surface area contributed by atoms with Crippen LogP contribution in [0.4, 0.5) is 5.69 Å². The molecule has 0 radical (unpaired) electrons. The van der Waals surface area contributed by atoms with E-state index in [0.717, 1.165) is 22.2 Å². The fourth-order valence-corrected chi connectivity index (χ4v) is 2.81. The Kier molecular flexibility index (Phi) is 4.49. The van der Waals surface area contributed by atoms with Gasteiger partial charge in [0.25, 0.3) is 0 Å². The first-order chi connectivity index (χ1) is 11.8. The predicted octanol–water partition coefficient (Wildman–Crippen LogP) is 5.13. The monoisotopic (exact) mass is 332 g/mol. The molecule has 1 N–H and O–H groups in total. The zero-order valence-electron chi connectivity index (χ0n) is 15.2. The molecule has 0 atom stereocenters. The highest BCUT2D eigenvalue weighted by Gasteiger charge is 2.12. The van der Waals surface area contributed by atoms with Crippen LogP contribution in [-0.2, 0) is 17.3 Å². The van der Waals surface area contributed by atoms with E-state index in [1.807, 2.05) is 55.7 Å². The number of amides is 1. The molecule has 1 aromatic heterocycles. The van der Waals surface area contributed by atoms with Crippen molar-refractivity contribution in [3.63, 3.8) is 0 Å². The summed E-state index contributed by atoms with van der Waals surface area (Å²) < 4.78 is 2.06. The molecule has 0 spiro atoms. The van der Waals surface area contributed by atoms with Crippen molar-refractivity contribution < 1.29 is 4.79 Å². The first kappa shape index (κ1) is 17.0. The van der Waals surface area contributed by atoms with Gasteiger partial charge in [-0.3, -0.25) is 4.79 Å². The minimum atomic E-state index is -0.129. The lowest BCUT2D eigenvalue weighted by Crippen LogP contribution is -2.10. The third kappa shape index (κ3) is 4.00. The van der Waals surface area contributed by atoms with Crippen LogP contribution in [0.1, 0.15) is 31.9 Å². The number of carbonyl (C=O) groups excluding carboxylic acids is 1. The third-order valence-electron chi connectivity index (χ3n) is 4.36. The molecule has 3 aromatic rings. The van der Waals surface area contributed by atoms with Crippen molar-refractivity contribution in [3.05, 3.63) is 71.9 Å². The maximum atomic E-state index is 12.2. The summed E-state index contributed by atoms with van der Waals surface area (Å²) in [5.74, 6) is -0.129. The molecule has 0 saturated carbocycles. The van der Waals surface area contributed by atoms with E-state index in [1.165, 1.54) is 5.56 Å². The minimum absolute atomic E-state index is 0.129. The Morgan fingerprint density at radius 2 is 1.76 bits per heavy atom. The lowest BCUT2D eigenvalue weighted by molar-refractivity contribution is -0.111. The highest BCUT2D eigenvalue weighted by molar-refractivity contribution is 6.03. The summed E-state index contributed by atoms with van der Waals surface area (Å²) in [5, 5.41) is 4.03. The van der Waals surface area contributed by atoms with Crippen molar-refractivity contribution in [1.29, 1.82) is 0 Å². The van der Waals surface area contributed by atoms with Crippen molar-refractivity contribution in [3.8, 4) is 0 Å². The van der Waals surface area contributed by atoms with E-state index in [2.05, 4.69) is 42.8 Å². The van der Waals surface area contributed by atoms with Gasteiger partial charge in [0.2, 0.25) is 5.91 Å². The molecule has 1 amide bonds. The van der Waals surface area contributed by atoms with Crippen LogP contribution in [0.3, 0.4) is 0 Å². The Balaban J connectivity index is 1.67. The number of carbonyl (C=O) groups is 1. The summed E-state index contributed by atoms with van der Waals surface area (Å²) in [7, 11) is 2.01. The normalized spacial score (nSPS) is 12.0. The number of nitrogens with one attached hydrogen (secondary N) is 1. The van der Waals surface area contributed by atoms with E-state index in [4.69, 9.17) is 0 Å². The van der Waals surface area contributed by atoms with E-state index in [1.54, 1.807) is 6.08 Å². The second-order valence-electron chi connectivity index (χ2n) is 7.39. The SMILES string of the molecule is Cn1ccc2cc(NC(=O)C=Cc3ccc(C(C)(C)C)cc3)ccc21. The van der Waals surface area contributed by atoms with Crippen LogP contribution in [-0.4, -0.2) is 10.5 Å². The molecule has 0 aliphatic rings. The van der Waals surface area contributed by atoms with E-state index in [0.29, 0.717) is 0 Å². The van der Waals surface area contributed by atoms with E-state index < -0.39 is 0 Å². The van der Waals surface area contributed by atoms with Crippen molar-refractivity contribution in [2.75, 3.05) is 5.32 Å². The number of aromatic nitrogens is 1. The molecule has 128 valence electrons. The van der Waals surface area contributed by atoms with Gasteiger partial charge in [0, 0.05) is 35.9 Å². The standard InChI is InChI=1S/C22H24N2O/c1-22(2,3)18-8-5-16(6-9-18)7-12-21(25)23-19-10-11-20-17(15-19)13-14-24(20)4/h5-15H,1-4H3,(H,23,25). The van der Waals surface area contributed by atoms with Crippen LogP contribution in [0.2, 0.25) is 0 Å². The molecule has 3 heteroatoms. The quantitative estimate of drug-likeness (QED) is 0.663. The van der Waals surface area contributed by atoms with Crippen molar-refractivity contribution in [2.24, 2.45) is 7.05 Å². The van der Waals surface area contributed by atoms with Gasteiger partial charge < -0.3 is 9.88 Å². The van der Waals surface area contributed by atoms with Crippen LogP contribution in [0.15, 0.2) is 60.8 Å². The van der Waals surface area contributed by atoms with Crippen LogP contribution in [0.25, 0.3) is 17.0 Å². The molecule has 3 nitrogen and oxygen atoms in total. The summed E-state index contributed by atoms with van der Waals surface area (Å²) in [6, 6.07) is 16.3. The Labute approximate surface area is 149 Å². The van der Waals surface area contributed by atoms with Crippen molar-refractivity contribution in [2.45, 2.75) is 26.2 Å². The van der Waals surface area contributed by atoms with Gasteiger partial charge in [-0.25, -0.2) is 0 Å². The maximum absolute atomic E-state index is 12.2. The van der Waals surface area contributed by atoms with Gasteiger partial charge in [-0.05, 0) is 46.9 Å². The van der Waals surface area contributed by atoms with Crippen molar-refractivity contribution >= 4 is 28.6 Å². The minimum Gasteiger partial charge on any atom is -0.351 e. The van der Waals surface area contributed by atoms with Crippen LogP contribution < -0.4 is 5.32 Å². The number of hydrogen-bond donors (Lipinski definition) is 1. The largest absolute Gasteiger partial charge is 0.351 e. The molecule has 0 fully saturated rings. The maximum Gasteiger partial charge on any atom is 0.248 e. The summed E-state index contributed by atoms with van der Waals surface area (Å²) in [5.41, 5.74) is 4.38. The second-order valence-corrected chi connectivity index (χ2v) is 7.39. The molecule has 0 aliphatic carbocycles. The van der Waals surface area contributed by atoms with Crippen LogP contribution >= 0.6 is 0 Å². The zero-order valence-corrected chi connectivity index (χ0v) is 15.2. The van der Waals surface area contributed by atoms with E-state index in [-0.39, 0.29) is 11.3 Å². The van der Waals surface area contributed by atoms with Crippen LogP contribution in [0, 0.1) is 0 Å². The summed E-state index contributed by atoms with van der Waals surface area (Å²) >= 11 is 0. The molecule has 0 saturated heterocycles. The lowest BCUT2D eigenvalue weighted by Gasteiger charge is -2.18. The molecule has 2 aromatic carbocycles. The number of nitrogens with zero attached hydrogens (tertiary/aromatic N) is 1. The fourth-order valence-electron chi connectivity index (χ4n) is 2.81. The number of rotatable bonds is 3. The molecule has 1 heterocycles. The molecule has 0 bridgehead atoms. The van der Waals surface area contributed by atoms with Gasteiger partial charge in [0.1, 0.15) is 0 Å². The van der Waals surface area contributed by atoms with Gasteiger partial charge in [-0.2, -0.15) is 0 Å². The number of anilines is 1. The second kappa shape index (κ2) is 6.60. The smallest absolute Gasteiger partial charge is 0.248 e. The van der Waals surface area contributed by atoms with Gasteiger partial charge in [-0.1, -0.05) is 45.0 Å². The Bertz CT molecular complexity index is 925. The predicted molar refractivity (Wildman–Crippen MR) is 106 cm³/mol. The number of fused-ring (bicyclic) bond motifs is 1. The molecular formula is C22H24N2O. The van der Waals surface area contributed by atoms with E-state index >= 15 is 0 Å². The number of benzene rings is 2. The zero-order chi connectivity index (χ0) is 18.0. The Morgan fingerprint density at radius 1 is 1.04 bits per heavy atom. The van der Waals surface area contributed by atoms with E-state index in [9.17, 15) is 4.79 Å². The summed E-state index contributed by atoms with van der Waals surface area (Å²) in [4.78, 5) is 12.2. The first-order valence-electron chi connectivity index (χ1n) is 8.48. The molecule has 0 aliphatic heterocycles. The third-order valence-corrected chi connectivity index (χ3v) is 4.36. The summed E-state index contributed by atoms with van der Waals surface area (Å²) in [6.07, 6.45) is 5.42. The average molecular weight is 332 g/mol. The first-order valence-corrected chi connectivity index (χ1v) is 8.48. The lowest BCUT2D eigenvalue weighted by atomic mass is 9.87. The van der Waals surface area contributed by atoms with Gasteiger partial charge in [-0.15, -0.1) is 0 Å². The molecule has 25 heavy (non-hydrogen) atoms. The fraction of sp³-hybridized carbons (Fsp3) is 0.227. The molecule has 3 rings (SSSR count). The Hall–Kier alpha value is -2.81.